The van der Waals surface area contributed by atoms with Gasteiger partial charge in [-0.1, -0.05) is 0 Å². The molecule has 2 heterocycles. The zero-order valence-corrected chi connectivity index (χ0v) is 13.5. The molecule has 25 heavy (non-hydrogen) atoms. The fraction of sp³-hybridized carbons (Fsp3) is 0.500. The summed E-state index contributed by atoms with van der Waals surface area (Å²) in [6.07, 6.45) is -4.88. The highest BCUT2D eigenvalue weighted by molar-refractivity contribution is 6.08. The van der Waals surface area contributed by atoms with Gasteiger partial charge in [-0.25, -0.2) is 0 Å². The number of hydrogen-bond donors (Lipinski definition) is 5. The number of benzene rings is 1. The fourth-order valence-corrected chi connectivity index (χ4v) is 3.32. The summed E-state index contributed by atoms with van der Waals surface area (Å²) in [7, 11) is 0. The Morgan fingerprint density at radius 2 is 1.64 bits per heavy atom. The summed E-state index contributed by atoms with van der Waals surface area (Å²) in [6, 6.07) is 0. The second-order valence-electron chi connectivity index (χ2n) is 6.27. The average Bonchev–Trinajstić information content (AvgIpc) is 2.89. The number of fused-ring (bicyclic) bond motifs is 1. The number of aromatic hydroxyl groups is 2. The lowest BCUT2D eigenvalue weighted by Gasteiger charge is -2.41. The van der Waals surface area contributed by atoms with Crippen LogP contribution in [0, 0.1) is 0 Å². The lowest BCUT2D eigenvalue weighted by molar-refractivity contribution is -0.300. The lowest BCUT2D eigenvalue weighted by atomic mass is 9.89. The molecule has 5 N–H and O–H groups in total. The van der Waals surface area contributed by atoms with Gasteiger partial charge in [-0.05, 0) is 13.8 Å². The first-order chi connectivity index (χ1) is 11.6. The molecular weight excluding hydrogens is 336 g/mol. The molecule has 2 aliphatic rings. The number of aliphatic hydroxyl groups excluding tert-OH is 3. The van der Waals surface area contributed by atoms with Crippen LogP contribution in [0.3, 0.4) is 0 Å². The summed E-state index contributed by atoms with van der Waals surface area (Å²) in [5.74, 6) is -4.77. The molecule has 1 fully saturated rings. The van der Waals surface area contributed by atoms with Crippen molar-refractivity contribution < 1.29 is 44.6 Å². The normalized spacial score (nSPS) is 30.8. The molecule has 0 aromatic heterocycles. The standard InChI is InChI=1S/C16H18O9/c1-5(17)9-7-3-16(15(23)11(20)8(19)4-24-16)25-14(7)13(22)10(6(2)18)12(9)21/h8,11,15,19-23H,3-4H2,1-2H3/t8-,11-,15+,16-/m1/s1. The van der Waals surface area contributed by atoms with E-state index < -0.39 is 52.7 Å². The highest BCUT2D eigenvalue weighted by Crippen LogP contribution is 2.51. The van der Waals surface area contributed by atoms with E-state index in [1.807, 2.05) is 0 Å². The number of ether oxygens (including phenoxy) is 2. The van der Waals surface area contributed by atoms with Crippen LogP contribution >= 0.6 is 0 Å². The van der Waals surface area contributed by atoms with Gasteiger partial charge < -0.3 is 35.0 Å². The van der Waals surface area contributed by atoms with Crippen LogP contribution in [-0.4, -0.2) is 67.8 Å². The van der Waals surface area contributed by atoms with Crippen molar-refractivity contribution in [2.24, 2.45) is 0 Å². The Morgan fingerprint density at radius 3 is 2.20 bits per heavy atom. The third-order valence-electron chi connectivity index (χ3n) is 4.57. The van der Waals surface area contributed by atoms with Crippen LogP contribution in [0.2, 0.25) is 0 Å². The Hall–Kier alpha value is -2.20. The van der Waals surface area contributed by atoms with E-state index in [-0.39, 0.29) is 29.9 Å². The van der Waals surface area contributed by atoms with E-state index in [4.69, 9.17) is 9.47 Å². The van der Waals surface area contributed by atoms with E-state index in [0.717, 1.165) is 13.8 Å². The monoisotopic (exact) mass is 354 g/mol. The van der Waals surface area contributed by atoms with Gasteiger partial charge in [0.25, 0.3) is 0 Å². The molecule has 3 rings (SSSR count). The molecule has 0 bridgehead atoms. The van der Waals surface area contributed by atoms with Crippen molar-refractivity contribution in [3.8, 4) is 17.2 Å². The first-order valence-electron chi connectivity index (χ1n) is 7.60. The predicted molar refractivity (Wildman–Crippen MR) is 80.8 cm³/mol. The van der Waals surface area contributed by atoms with Crippen LogP contribution in [-0.2, 0) is 11.2 Å². The summed E-state index contributed by atoms with van der Waals surface area (Å²) in [4.78, 5) is 23.7. The van der Waals surface area contributed by atoms with Crippen LogP contribution in [0.4, 0.5) is 0 Å². The van der Waals surface area contributed by atoms with Gasteiger partial charge in [-0.2, -0.15) is 0 Å². The number of carbonyl (C=O) groups excluding carboxylic acids is 2. The van der Waals surface area contributed by atoms with Crippen molar-refractivity contribution >= 4 is 11.6 Å². The summed E-state index contributed by atoms with van der Waals surface area (Å²) in [5.41, 5.74) is -0.659. The first-order valence-corrected chi connectivity index (χ1v) is 7.60. The maximum atomic E-state index is 12.0. The third-order valence-corrected chi connectivity index (χ3v) is 4.57. The van der Waals surface area contributed by atoms with Crippen molar-refractivity contribution in [1.29, 1.82) is 0 Å². The van der Waals surface area contributed by atoms with Gasteiger partial charge in [0.2, 0.25) is 5.79 Å². The number of aliphatic hydroxyl groups is 3. The molecule has 1 spiro atoms. The van der Waals surface area contributed by atoms with Crippen LogP contribution in [0.15, 0.2) is 0 Å². The Kier molecular flexibility index (Phi) is 3.99. The van der Waals surface area contributed by atoms with E-state index >= 15 is 0 Å². The highest BCUT2D eigenvalue weighted by atomic mass is 16.7. The van der Waals surface area contributed by atoms with E-state index in [0.29, 0.717) is 0 Å². The highest BCUT2D eigenvalue weighted by Gasteiger charge is 2.56. The molecule has 2 aliphatic heterocycles. The van der Waals surface area contributed by atoms with Crippen molar-refractivity contribution in [2.75, 3.05) is 6.61 Å². The van der Waals surface area contributed by atoms with Crippen LogP contribution in [0.5, 0.6) is 17.2 Å². The van der Waals surface area contributed by atoms with E-state index in [9.17, 15) is 35.1 Å². The number of phenols is 2. The molecular formula is C16H18O9. The smallest absolute Gasteiger partial charge is 0.243 e. The van der Waals surface area contributed by atoms with Crippen molar-refractivity contribution in [2.45, 2.75) is 44.4 Å². The fourth-order valence-electron chi connectivity index (χ4n) is 3.32. The van der Waals surface area contributed by atoms with Gasteiger partial charge in [0.1, 0.15) is 29.6 Å². The second-order valence-corrected chi connectivity index (χ2v) is 6.27. The summed E-state index contributed by atoms with van der Waals surface area (Å²) < 4.78 is 10.9. The molecule has 0 radical (unpaired) electrons. The van der Waals surface area contributed by atoms with Crippen LogP contribution < -0.4 is 4.74 Å². The number of carbonyl (C=O) groups is 2. The number of ketones is 2. The van der Waals surface area contributed by atoms with E-state index in [1.165, 1.54) is 0 Å². The molecule has 1 aromatic carbocycles. The lowest BCUT2D eigenvalue weighted by Crippen LogP contribution is -2.63. The molecule has 4 atom stereocenters. The van der Waals surface area contributed by atoms with Crippen LogP contribution in [0.25, 0.3) is 0 Å². The SMILES string of the molecule is CC(=O)c1c(O)c2c(c(C(C)=O)c1O)C[C@@]1(OC[C@@H](O)[C@@H](O)[C@@H]1O)O2. The molecule has 9 heteroatoms. The average molecular weight is 354 g/mol. The van der Waals surface area contributed by atoms with Crippen molar-refractivity contribution in [3.05, 3.63) is 16.7 Å². The number of hydrogen-bond acceptors (Lipinski definition) is 9. The molecule has 0 unspecified atom stereocenters. The molecule has 1 saturated heterocycles. The minimum Gasteiger partial charge on any atom is -0.506 e. The third kappa shape index (κ3) is 2.39. The van der Waals surface area contributed by atoms with Crippen molar-refractivity contribution in [1.82, 2.24) is 0 Å². The Morgan fingerprint density at radius 1 is 1.04 bits per heavy atom. The Balaban J connectivity index is 2.18. The quantitative estimate of drug-likeness (QED) is 0.431. The van der Waals surface area contributed by atoms with Crippen LogP contribution in [0.1, 0.15) is 40.1 Å². The van der Waals surface area contributed by atoms with Gasteiger partial charge in [-0.15, -0.1) is 0 Å². The maximum absolute atomic E-state index is 12.0. The maximum Gasteiger partial charge on any atom is 0.243 e. The zero-order chi connectivity index (χ0) is 18.7. The van der Waals surface area contributed by atoms with Gasteiger partial charge in [-0.3, -0.25) is 9.59 Å². The molecule has 0 saturated carbocycles. The second kappa shape index (κ2) is 5.67. The van der Waals surface area contributed by atoms with Crippen molar-refractivity contribution in [3.63, 3.8) is 0 Å². The minimum absolute atomic E-state index is 0.0511. The summed E-state index contributed by atoms with van der Waals surface area (Å²) in [6.45, 7) is 1.91. The summed E-state index contributed by atoms with van der Waals surface area (Å²) >= 11 is 0. The van der Waals surface area contributed by atoms with Gasteiger partial charge in [0.05, 0.1) is 12.2 Å². The van der Waals surface area contributed by atoms with Gasteiger partial charge >= 0.3 is 0 Å². The molecule has 0 amide bonds. The Bertz CT molecular complexity index is 772. The number of phenolic OH excluding ortho intramolecular Hbond substituents is 2. The minimum atomic E-state index is -1.86. The van der Waals surface area contributed by atoms with E-state index in [2.05, 4.69) is 0 Å². The molecule has 9 nitrogen and oxygen atoms in total. The number of rotatable bonds is 2. The van der Waals surface area contributed by atoms with E-state index in [1.54, 1.807) is 0 Å². The first kappa shape index (κ1) is 17.6. The largest absolute Gasteiger partial charge is 0.506 e. The molecule has 0 aliphatic carbocycles. The molecule has 136 valence electrons. The predicted octanol–water partition coefficient (Wildman–Crippen LogP) is -0.753. The topological polar surface area (TPSA) is 154 Å². The van der Waals surface area contributed by atoms with Gasteiger partial charge in [0, 0.05) is 12.0 Å². The Labute approximate surface area is 142 Å². The zero-order valence-electron chi connectivity index (χ0n) is 13.5. The summed E-state index contributed by atoms with van der Waals surface area (Å²) in [5, 5.41) is 50.4. The van der Waals surface area contributed by atoms with Gasteiger partial charge in [0.15, 0.2) is 23.1 Å². The number of Topliss-reactive ketones (excluding diaryl/α,β-unsaturated/α-hetero) is 2. The molecule has 1 aromatic rings.